The summed E-state index contributed by atoms with van der Waals surface area (Å²) in [7, 11) is 1.55. The topological polar surface area (TPSA) is 59.1 Å². The molecule has 2 saturated heterocycles. The molecule has 2 amide bonds. The van der Waals surface area contributed by atoms with Crippen molar-refractivity contribution in [1.82, 2.24) is 0 Å². The Morgan fingerprint density at radius 3 is 2.29 bits per heavy atom. The van der Waals surface area contributed by atoms with Crippen molar-refractivity contribution in [2.24, 2.45) is 5.92 Å². The standard InChI is InChI=1S/C28H22N2O4/c1-33-21-14-8-13-20(17-21)29-27(31)24-25(23-16-7-10-18-9-5-6-15-22(18)23)30(34-26(24)28(29)32)19-11-3-2-4-12-19/h2-17,24-26H,1H3/t24-,25-,26+/m1/s1. The molecule has 2 aliphatic rings. The number of imide groups is 1. The number of hydroxylamine groups is 1. The maximum atomic E-state index is 13.9. The lowest BCUT2D eigenvalue weighted by molar-refractivity contribution is -0.126. The maximum Gasteiger partial charge on any atom is 0.266 e. The maximum absolute atomic E-state index is 13.9. The summed E-state index contributed by atoms with van der Waals surface area (Å²) < 4.78 is 5.30. The van der Waals surface area contributed by atoms with E-state index in [1.165, 1.54) is 4.90 Å². The summed E-state index contributed by atoms with van der Waals surface area (Å²) in [5, 5.41) is 3.83. The summed E-state index contributed by atoms with van der Waals surface area (Å²) in [6, 6.07) is 30.2. The first-order valence-corrected chi connectivity index (χ1v) is 11.2. The van der Waals surface area contributed by atoms with Crippen molar-refractivity contribution in [3.05, 3.63) is 103 Å². The van der Waals surface area contributed by atoms with Gasteiger partial charge < -0.3 is 4.74 Å². The third-order valence-corrected chi connectivity index (χ3v) is 6.58. The monoisotopic (exact) mass is 450 g/mol. The van der Waals surface area contributed by atoms with Crippen molar-refractivity contribution >= 4 is 34.0 Å². The molecule has 0 spiro atoms. The second-order valence-corrected chi connectivity index (χ2v) is 8.44. The van der Waals surface area contributed by atoms with Gasteiger partial charge in [0.05, 0.1) is 24.5 Å². The predicted octanol–water partition coefficient (Wildman–Crippen LogP) is 4.90. The molecule has 0 saturated carbocycles. The fourth-order valence-electron chi connectivity index (χ4n) is 5.04. The Kier molecular flexibility index (Phi) is 4.81. The summed E-state index contributed by atoms with van der Waals surface area (Å²) in [6.07, 6.45) is -0.914. The molecule has 2 aliphatic heterocycles. The zero-order chi connectivity index (χ0) is 23.2. The number of benzene rings is 4. The molecule has 6 heteroatoms. The van der Waals surface area contributed by atoms with Crippen LogP contribution in [0.5, 0.6) is 5.75 Å². The van der Waals surface area contributed by atoms with E-state index < -0.39 is 18.1 Å². The van der Waals surface area contributed by atoms with Gasteiger partial charge in [-0.3, -0.25) is 14.4 Å². The normalized spacial score (nSPS) is 21.9. The highest BCUT2D eigenvalue weighted by molar-refractivity contribution is 6.24. The highest BCUT2D eigenvalue weighted by Gasteiger charge is 2.60. The smallest absolute Gasteiger partial charge is 0.266 e. The molecule has 6 rings (SSSR count). The highest BCUT2D eigenvalue weighted by atomic mass is 16.7. The van der Waals surface area contributed by atoms with E-state index in [9.17, 15) is 9.59 Å². The number of nitrogens with zero attached hydrogens (tertiary/aromatic N) is 2. The number of rotatable bonds is 4. The van der Waals surface area contributed by atoms with E-state index in [4.69, 9.17) is 9.57 Å². The Balaban J connectivity index is 1.50. The minimum absolute atomic E-state index is 0.278. The molecule has 0 radical (unpaired) electrons. The van der Waals surface area contributed by atoms with Crippen LogP contribution in [-0.4, -0.2) is 25.0 Å². The molecule has 0 N–H and O–H groups in total. The summed E-state index contributed by atoms with van der Waals surface area (Å²) in [6.45, 7) is 0. The quantitative estimate of drug-likeness (QED) is 0.414. The molecule has 2 heterocycles. The van der Waals surface area contributed by atoms with Gasteiger partial charge in [-0.2, -0.15) is 0 Å². The number of carbonyl (C=O) groups excluding carboxylic acids is 2. The number of amides is 2. The van der Waals surface area contributed by atoms with Crippen molar-refractivity contribution in [2.75, 3.05) is 17.1 Å². The average molecular weight is 450 g/mol. The van der Waals surface area contributed by atoms with Gasteiger partial charge in [-0.05, 0) is 40.6 Å². The van der Waals surface area contributed by atoms with Crippen LogP contribution in [-0.2, 0) is 14.4 Å². The first-order valence-electron chi connectivity index (χ1n) is 11.2. The molecule has 168 valence electrons. The Labute approximate surface area is 196 Å². The Bertz CT molecular complexity index is 1400. The minimum Gasteiger partial charge on any atom is -0.497 e. The van der Waals surface area contributed by atoms with E-state index in [0.717, 1.165) is 22.0 Å². The lowest BCUT2D eigenvalue weighted by atomic mass is 9.87. The van der Waals surface area contributed by atoms with Crippen LogP contribution in [0.15, 0.2) is 97.1 Å². The Morgan fingerprint density at radius 2 is 1.47 bits per heavy atom. The van der Waals surface area contributed by atoms with Crippen molar-refractivity contribution in [3.8, 4) is 5.75 Å². The Morgan fingerprint density at radius 1 is 0.765 bits per heavy atom. The van der Waals surface area contributed by atoms with Crippen molar-refractivity contribution in [1.29, 1.82) is 0 Å². The molecule has 4 aromatic rings. The number of methoxy groups -OCH3 is 1. The molecule has 4 aromatic carbocycles. The second kappa shape index (κ2) is 8.01. The fraction of sp³-hybridized carbons (Fsp3) is 0.143. The third-order valence-electron chi connectivity index (χ3n) is 6.58. The number of carbonyl (C=O) groups is 2. The van der Waals surface area contributed by atoms with Crippen LogP contribution in [0, 0.1) is 5.92 Å². The van der Waals surface area contributed by atoms with Crippen LogP contribution in [0.25, 0.3) is 10.8 Å². The van der Waals surface area contributed by atoms with Crippen LogP contribution in [0.1, 0.15) is 11.6 Å². The van der Waals surface area contributed by atoms with Crippen LogP contribution in [0.4, 0.5) is 11.4 Å². The van der Waals surface area contributed by atoms with E-state index in [2.05, 4.69) is 0 Å². The molecule has 0 bridgehead atoms. The number of para-hydroxylation sites is 1. The van der Waals surface area contributed by atoms with Gasteiger partial charge in [0, 0.05) is 6.07 Å². The van der Waals surface area contributed by atoms with Gasteiger partial charge in [-0.15, -0.1) is 0 Å². The number of hydrogen-bond donors (Lipinski definition) is 0. The van der Waals surface area contributed by atoms with Gasteiger partial charge in [-0.1, -0.05) is 66.7 Å². The number of ether oxygens (including phenoxy) is 1. The molecule has 34 heavy (non-hydrogen) atoms. The zero-order valence-electron chi connectivity index (χ0n) is 18.5. The largest absolute Gasteiger partial charge is 0.497 e. The zero-order valence-corrected chi connectivity index (χ0v) is 18.5. The molecule has 3 atom stereocenters. The van der Waals surface area contributed by atoms with Crippen molar-refractivity contribution in [3.63, 3.8) is 0 Å². The summed E-state index contributed by atoms with van der Waals surface area (Å²) in [4.78, 5) is 34.9. The van der Waals surface area contributed by atoms with Crippen LogP contribution < -0.4 is 14.7 Å². The van der Waals surface area contributed by atoms with Crippen molar-refractivity contribution in [2.45, 2.75) is 12.1 Å². The molecule has 6 nitrogen and oxygen atoms in total. The van der Waals surface area contributed by atoms with Gasteiger partial charge in [0.25, 0.3) is 5.91 Å². The highest BCUT2D eigenvalue weighted by Crippen LogP contribution is 2.49. The number of fused-ring (bicyclic) bond motifs is 2. The van der Waals surface area contributed by atoms with E-state index in [1.54, 1.807) is 36.4 Å². The summed E-state index contributed by atoms with van der Waals surface area (Å²) >= 11 is 0. The first-order chi connectivity index (χ1) is 16.7. The summed E-state index contributed by atoms with van der Waals surface area (Å²) in [5.74, 6) is -0.760. The molecular formula is C28H22N2O4. The molecule has 2 fully saturated rings. The van der Waals surface area contributed by atoms with Gasteiger partial charge in [0.1, 0.15) is 11.7 Å². The van der Waals surface area contributed by atoms with E-state index in [1.807, 2.05) is 72.8 Å². The van der Waals surface area contributed by atoms with Gasteiger partial charge in [0.2, 0.25) is 5.91 Å². The Hall–Kier alpha value is -4.16. The van der Waals surface area contributed by atoms with Crippen LogP contribution in [0.2, 0.25) is 0 Å². The van der Waals surface area contributed by atoms with E-state index >= 15 is 0 Å². The molecule has 0 aliphatic carbocycles. The molecule has 0 unspecified atom stereocenters. The number of hydrogen-bond acceptors (Lipinski definition) is 5. The number of anilines is 2. The average Bonchev–Trinajstić information content (AvgIpc) is 3.40. The molecular weight excluding hydrogens is 428 g/mol. The predicted molar refractivity (Wildman–Crippen MR) is 129 cm³/mol. The second-order valence-electron chi connectivity index (χ2n) is 8.44. The van der Waals surface area contributed by atoms with Gasteiger partial charge in [0.15, 0.2) is 6.10 Å². The van der Waals surface area contributed by atoms with E-state index in [0.29, 0.717) is 11.4 Å². The SMILES string of the molecule is COc1cccc(N2C(=O)[C@H]3[C@H](ON(c4ccccc4)[C@@H]3c3cccc4ccccc34)C2=O)c1. The first kappa shape index (κ1) is 20.4. The molecule has 0 aromatic heterocycles. The minimum atomic E-state index is -0.914. The van der Waals surface area contributed by atoms with Gasteiger partial charge >= 0.3 is 0 Å². The van der Waals surface area contributed by atoms with Crippen molar-refractivity contribution < 1.29 is 19.2 Å². The van der Waals surface area contributed by atoms with E-state index in [-0.39, 0.29) is 11.8 Å². The lowest BCUT2D eigenvalue weighted by Crippen LogP contribution is -2.37. The fourth-order valence-corrected chi connectivity index (χ4v) is 5.04. The summed E-state index contributed by atoms with van der Waals surface area (Å²) in [5.41, 5.74) is 2.22. The van der Waals surface area contributed by atoms with Crippen LogP contribution >= 0.6 is 0 Å². The lowest BCUT2D eigenvalue weighted by Gasteiger charge is -2.29. The third kappa shape index (κ3) is 3.07. The van der Waals surface area contributed by atoms with Crippen LogP contribution in [0.3, 0.4) is 0 Å². The van der Waals surface area contributed by atoms with Gasteiger partial charge in [-0.25, -0.2) is 9.96 Å².